The molecule has 1 N–H and O–H groups in total. The average Bonchev–Trinajstić information content (AvgIpc) is 2.84. The zero-order valence-corrected chi connectivity index (χ0v) is 12.1. The van der Waals surface area contributed by atoms with E-state index in [1.807, 2.05) is 25.5 Å². The summed E-state index contributed by atoms with van der Waals surface area (Å²) in [6, 6.07) is 4.56. The maximum Gasteiger partial charge on any atom is 0.149 e. The molecule has 108 valence electrons. The minimum atomic E-state index is -0.283. The second-order valence-corrected chi connectivity index (χ2v) is 4.77. The topological polar surface area (TPSA) is 52.0 Å². The van der Waals surface area contributed by atoms with Crippen LogP contribution in [0.2, 0.25) is 0 Å². The number of rotatable bonds is 5. The van der Waals surface area contributed by atoms with E-state index in [0.717, 1.165) is 5.82 Å². The van der Waals surface area contributed by atoms with Crippen LogP contribution in [0.25, 0.3) is 0 Å². The van der Waals surface area contributed by atoms with Crippen molar-refractivity contribution in [2.75, 3.05) is 7.11 Å². The third-order valence-corrected chi connectivity index (χ3v) is 3.30. The van der Waals surface area contributed by atoms with Crippen molar-refractivity contribution in [2.24, 2.45) is 7.05 Å². The third kappa shape index (κ3) is 2.80. The van der Waals surface area contributed by atoms with Gasteiger partial charge in [-0.05, 0) is 26.0 Å². The van der Waals surface area contributed by atoms with Gasteiger partial charge in [-0.1, -0.05) is 6.07 Å². The molecular formula is C14H19FN4O. The minimum absolute atomic E-state index is 0.0539. The lowest BCUT2D eigenvalue weighted by molar-refractivity contribution is 0.384. The number of ether oxygens (including phenoxy) is 1. The number of hydrogen-bond donors (Lipinski definition) is 1. The summed E-state index contributed by atoms with van der Waals surface area (Å²) in [6.45, 7) is 3.86. The van der Waals surface area contributed by atoms with Gasteiger partial charge >= 0.3 is 0 Å². The highest BCUT2D eigenvalue weighted by Crippen LogP contribution is 2.29. The van der Waals surface area contributed by atoms with Crippen molar-refractivity contribution < 1.29 is 9.13 Å². The highest BCUT2D eigenvalue weighted by atomic mass is 19.1. The van der Waals surface area contributed by atoms with Gasteiger partial charge in [-0.2, -0.15) is 0 Å². The second kappa shape index (κ2) is 6.00. The molecule has 0 amide bonds. The fourth-order valence-electron chi connectivity index (χ4n) is 2.33. The van der Waals surface area contributed by atoms with E-state index < -0.39 is 0 Å². The molecule has 2 rings (SSSR count). The van der Waals surface area contributed by atoms with E-state index in [-0.39, 0.29) is 17.9 Å². The molecule has 0 bridgehead atoms. The zero-order valence-electron chi connectivity index (χ0n) is 12.1. The van der Waals surface area contributed by atoms with E-state index in [9.17, 15) is 4.39 Å². The third-order valence-electron chi connectivity index (χ3n) is 3.30. The fraction of sp³-hybridized carbons (Fsp3) is 0.429. The van der Waals surface area contributed by atoms with Crippen LogP contribution in [0, 0.1) is 5.82 Å². The summed E-state index contributed by atoms with van der Waals surface area (Å²) in [4.78, 5) is 0. The molecule has 1 aromatic carbocycles. The zero-order chi connectivity index (χ0) is 14.7. The maximum atomic E-state index is 14.0. The Morgan fingerprint density at radius 1 is 1.30 bits per heavy atom. The number of methoxy groups -OCH3 is 1. The molecule has 0 spiro atoms. The van der Waals surface area contributed by atoms with Crippen LogP contribution >= 0.6 is 0 Å². The van der Waals surface area contributed by atoms with E-state index in [1.165, 1.54) is 13.2 Å². The largest absolute Gasteiger partial charge is 0.496 e. The first-order valence-corrected chi connectivity index (χ1v) is 6.47. The number of nitrogens with zero attached hydrogens (tertiary/aromatic N) is 3. The first-order chi connectivity index (χ1) is 9.54. The van der Waals surface area contributed by atoms with Crippen molar-refractivity contribution in [2.45, 2.75) is 25.9 Å². The van der Waals surface area contributed by atoms with E-state index >= 15 is 0 Å². The molecule has 0 saturated heterocycles. The Kier molecular flexibility index (Phi) is 4.34. The summed E-state index contributed by atoms with van der Waals surface area (Å²) in [5, 5.41) is 11.2. The van der Waals surface area contributed by atoms with Crippen LogP contribution in [0.4, 0.5) is 4.39 Å². The summed E-state index contributed by atoms with van der Waals surface area (Å²) in [7, 11) is 3.42. The number of benzene rings is 1. The molecule has 2 atom stereocenters. The van der Waals surface area contributed by atoms with E-state index in [4.69, 9.17) is 4.74 Å². The molecule has 0 aliphatic carbocycles. The van der Waals surface area contributed by atoms with Gasteiger partial charge in [-0.25, -0.2) is 4.39 Å². The molecule has 0 saturated carbocycles. The van der Waals surface area contributed by atoms with Crippen LogP contribution < -0.4 is 10.1 Å². The van der Waals surface area contributed by atoms with E-state index in [0.29, 0.717) is 11.3 Å². The molecule has 2 unspecified atom stereocenters. The van der Waals surface area contributed by atoms with Crippen LogP contribution in [0.15, 0.2) is 24.5 Å². The molecule has 0 aliphatic heterocycles. The van der Waals surface area contributed by atoms with Crippen molar-refractivity contribution >= 4 is 0 Å². The highest BCUT2D eigenvalue weighted by Gasteiger charge is 2.20. The molecule has 5 nitrogen and oxygen atoms in total. The van der Waals surface area contributed by atoms with Gasteiger partial charge in [-0.3, -0.25) is 0 Å². The first kappa shape index (κ1) is 14.5. The summed E-state index contributed by atoms with van der Waals surface area (Å²) in [5.41, 5.74) is 0.518. The number of aromatic nitrogens is 3. The van der Waals surface area contributed by atoms with Crippen LogP contribution in [-0.2, 0) is 7.05 Å². The lowest BCUT2D eigenvalue weighted by Crippen LogP contribution is -2.25. The Hall–Kier alpha value is -1.95. The summed E-state index contributed by atoms with van der Waals surface area (Å²) >= 11 is 0. The molecular weight excluding hydrogens is 259 g/mol. The minimum Gasteiger partial charge on any atom is -0.496 e. The smallest absolute Gasteiger partial charge is 0.149 e. The highest BCUT2D eigenvalue weighted by molar-refractivity contribution is 5.37. The Labute approximate surface area is 117 Å². The van der Waals surface area contributed by atoms with Gasteiger partial charge in [0.1, 0.15) is 23.7 Å². The normalized spacial score (nSPS) is 14.1. The first-order valence-electron chi connectivity index (χ1n) is 6.47. The monoisotopic (exact) mass is 278 g/mol. The fourth-order valence-corrected chi connectivity index (χ4v) is 2.33. The standard InChI is InChI=1S/C14H19FN4O/c1-9(13-11(15)6-5-7-12(13)20-4)17-10(2)14-18-16-8-19(14)3/h5-10,17H,1-4H3. The lowest BCUT2D eigenvalue weighted by Gasteiger charge is -2.21. The summed E-state index contributed by atoms with van der Waals surface area (Å²) in [5.74, 6) is 1.05. The molecule has 1 heterocycles. The predicted molar refractivity (Wildman–Crippen MR) is 73.9 cm³/mol. The Morgan fingerprint density at radius 2 is 2.05 bits per heavy atom. The van der Waals surface area contributed by atoms with E-state index in [1.54, 1.807) is 18.5 Å². The Morgan fingerprint density at radius 3 is 2.65 bits per heavy atom. The molecule has 20 heavy (non-hydrogen) atoms. The summed E-state index contributed by atoms with van der Waals surface area (Å²) in [6.07, 6.45) is 1.64. The molecule has 0 radical (unpaired) electrons. The van der Waals surface area contributed by atoms with Gasteiger partial charge in [0.25, 0.3) is 0 Å². The number of nitrogens with one attached hydrogen (secondary N) is 1. The van der Waals surface area contributed by atoms with Crippen LogP contribution in [0.3, 0.4) is 0 Å². The predicted octanol–water partition coefficient (Wildman–Crippen LogP) is 2.37. The molecule has 2 aromatic rings. The number of aryl methyl sites for hydroxylation is 1. The Bertz CT molecular complexity index is 584. The number of halogens is 1. The van der Waals surface area contributed by atoms with Gasteiger partial charge in [0.2, 0.25) is 0 Å². The van der Waals surface area contributed by atoms with Gasteiger partial charge < -0.3 is 14.6 Å². The molecule has 1 aromatic heterocycles. The van der Waals surface area contributed by atoms with Gasteiger partial charge in [0, 0.05) is 18.7 Å². The molecule has 0 aliphatic rings. The summed E-state index contributed by atoms with van der Waals surface area (Å²) < 4.78 is 21.1. The molecule has 0 fully saturated rings. The van der Waals surface area contributed by atoms with Crippen molar-refractivity contribution in [3.05, 3.63) is 41.7 Å². The number of hydrogen-bond acceptors (Lipinski definition) is 4. The van der Waals surface area contributed by atoms with Crippen LogP contribution in [0.5, 0.6) is 5.75 Å². The maximum absolute atomic E-state index is 14.0. The SMILES string of the molecule is COc1cccc(F)c1C(C)NC(C)c1nncn1C. The average molecular weight is 278 g/mol. The van der Waals surface area contributed by atoms with Crippen molar-refractivity contribution in [3.63, 3.8) is 0 Å². The van der Waals surface area contributed by atoms with Crippen molar-refractivity contribution in [1.82, 2.24) is 20.1 Å². The molecule has 6 heteroatoms. The van der Waals surface area contributed by atoms with Gasteiger partial charge in [0.05, 0.1) is 13.2 Å². The van der Waals surface area contributed by atoms with Crippen molar-refractivity contribution in [3.8, 4) is 5.75 Å². The van der Waals surface area contributed by atoms with Gasteiger partial charge in [-0.15, -0.1) is 10.2 Å². The van der Waals surface area contributed by atoms with Crippen LogP contribution in [0.1, 0.15) is 37.3 Å². The van der Waals surface area contributed by atoms with Crippen molar-refractivity contribution in [1.29, 1.82) is 0 Å². The van der Waals surface area contributed by atoms with E-state index in [2.05, 4.69) is 15.5 Å². The van der Waals surface area contributed by atoms with Gasteiger partial charge in [0.15, 0.2) is 0 Å². The Balaban J connectivity index is 2.20. The quantitative estimate of drug-likeness (QED) is 0.912. The second-order valence-electron chi connectivity index (χ2n) is 4.77. The lowest BCUT2D eigenvalue weighted by atomic mass is 10.1. The van der Waals surface area contributed by atoms with Crippen LogP contribution in [-0.4, -0.2) is 21.9 Å².